The smallest absolute Gasteiger partial charge is 0.305 e. The number of hydrogen-bond acceptors (Lipinski definition) is 2. The first-order chi connectivity index (χ1) is 6.09. The van der Waals surface area contributed by atoms with Crippen molar-refractivity contribution in [2.45, 2.75) is 19.3 Å². The lowest BCUT2D eigenvalue weighted by Crippen LogP contribution is -2.26. The summed E-state index contributed by atoms with van der Waals surface area (Å²) in [7, 11) is 0. The molecule has 0 saturated carbocycles. The van der Waals surface area contributed by atoms with Crippen LogP contribution in [0.15, 0.2) is 0 Å². The minimum atomic E-state index is -4.41. The maximum absolute atomic E-state index is 12.3. The molecule has 0 atom stereocenters. The molecule has 71 valence electrons. The van der Waals surface area contributed by atoms with Crippen LogP contribution in [0.1, 0.15) is 11.6 Å². The maximum atomic E-state index is 12.3. The average molecular weight is 191 g/mol. The Balaban J connectivity index is 2.43. The van der Waals surface area contributed by atoms with Crippen LogP contribution >= 0.6 is 0 Å². The van der Waals surface area contributed by atoms with Crippen LogP contribution in [0.5, 0.6) is 0 Å². The highest BCUT2D eigenvalue weighted by Gasteiger charge is 2.38. The van der Waals surface area contributed by atoms with Gasteiger partial charge in [-0.2, -0.15) is 13.2 Å². The van der Waals surface area contributed by atoms with Gasteiger partial charge in [-0.3, -0.25) is 0 Å². The van der Waals surface area contributed by atoms with Gasteiger partial charge in [0.1, 0.15) is 5.82 Å². The van der Waals surface area contributed by atoms with Crippen molar-refractivity contribution in [3.63, 3.8) is 0 Å². The third-order valence-electron chi connectivity index (χ3n) is 1.82. The highest BCUT2D eigenvalue weighted by Crippen LogP contribution is 2.28. The van der Waals surface area contributed by atoms with Gasteiger partial charge in [0.15, 0.2) is 0 Å². The molecule has 2 rings (SSSR count). The predicted molar refractivity (Wildman–Crippen MR) is 35.7 cm³/mol. The van der Waals surface area contributed by atoms with E-state index >= 15 is 0 Å². The molecule has 0 spiro atoms. The molecule has 2 heterocycles. The van der Waals surface area contributed by atoms with E-state index in [-0.39, 0.29) is 13.1 Å². The van der Waals surface area contributed by atoms with Crippen LogP contribution < -0.4 is 5.32 Å². The molecule has 4 nitrogen and oxygen atoms in total. The number of alkyl halides is 3. The Kier molecular flexibility index (Phi) is 1.76. The van der Waals surface area contributed by atoms with Gasteiger partial charge in [0.05, 0.1) is 6.54 Å². The maximum Gasteiger partial charge on any atom is 0.451 e. The molecular weight excluding hydrogens is 185 g/mol. The van der Waals surface area contributed by atoms with Gasteiger partial charge in [0, 0.05) is 13.1 Å². The lowest BCUT2D eigenvalue weighted by molar-refractivity contribution is -0.147. The molecule has 1 radical (unpaired) electrons. The summed E-state index contributed by atoms with van der Waals surface area (Å²) in [6.45, 7) is 0.842. The fraction of sp³-hybridized carbons (Fsp3) is 0.667. The van der Waals surface area contributed by atoms with Crippen molar-refractivity contribution in [3.05, 3.63) is 11.6 Å². The predicted octanol–water partition coefficient (Wildman–Crippen LogP) is 0.415. The molecule has 1 aromatic rings. The van der Waals surface area contributed by atoms with Crippen LogP contribution in [0.2, 0.25) is 0 Å². The third-order valence-corrected chi connectivity index (χ3v) is 1.82. The molecule has 0 N–H and O–H groups in total. The van der Waals surface area contributed by atoms with Crippen molar-refractivity contribution in [2.24, 2.45) is 0 Å². The monoisotopic (exact) mass is 191 g/mol. The Bertz CT molecular complexity index is 316. The van der Waals surface area contributed by atoms with E-state index in [1.165, 1.54) is 0 Å². The van der Waals surface area contributed by atoms with Crippen molar-refractivity contribution in [1.82, 2.24) is 20.1 Å². The number of aromatic nitrogens is 3. The topological polar surface area (TPSA) is 44.8 Å². The summed E-state index contributed by atoms with van der Waals surface area (Å²) in [5, 5.41) is 10.4. The molecule has 0 aromatic carbocycles. The zero-order valence-corrected chi connectivity index (χ0v) is 6.54. The molecule has 0 saturated heterocycles. The van der Waals surface area contributed by atoms with Gasteiger partial charge in [-0.1, -0.05) is 0 Å². The van der Waals surface area contributed by atoms with Crippen molar-refractivity contribution < 1.29 is 13.2 Å². The molecule has 7 heteroatoms. The van der Waals surface area contributed by atoms with E-state index in [4.69, 9.17) is 0 Å². The molecule has 0 bridgehead atoms. The SMILES string of the molecule is FC(F)(F)c1nnc2n1CC[N]C2. The highest BCUT2D eigenvalue weighted by atomic mass is 19.4. The first kappa shape index (κ1) is 8.49. The fourth-order valence-electron chi connectivity index (χ4n) is 1.25. The Hall–Kier alpha value is -1.11. The number of rotatable bonds is 0. The summed E-state index contributed by atoms with van der Waals surface area (Å²) in [4.78, 5) is 0. The summed E-state index contributed by atoms with van der Waals surface area (Å²) in [6.07, 6.45) is -4.41. The first-order valence-electron chi connectivity index (χ1n) is 3.71. The largest absolute Gasteiger partial charge is 0.451 e. The van der Waals surface area contributed by atoms with Crippen LogP contribution in [0, 0.1) is 0 Å². The van der Waals surface area contributed by atoms with Gasteiger partial charge in [0.2, 0.25) is 5.82 Å². The number of nitrogens with zero attached hydrogens (tertiary/aromatic N) is 4. The van der Waals surface area contributed by atoms with Crippen molar-refractivity contribution in [3.8, 4) is 0 Å². The van der Waals surface area contributed by atoms with E-state index in [2.05, 4.69) is 15.5 Å². The van der Waals surface area contributed by atoms with E-state index in [9.17, 15) is 13.2 Å². The van der Waals surface area contributed by atoms with E-state index in [0.717, 1.165) is 4.57 Å². The lowest BCUT2D eigenvalue weighted by Gasteiger charge is -2.15. The Morgan fingerprint density at radius 2 is 2.00 bits per heavy atom. The van der Waals surface area contributed by atoms with Gasteiger partial charge >= 0.3 is 6.18 Å². The minimum Gasteiger partial charge on any atom is -0.305 e. The second-order valence-electron chi connectivity index (χ2n) is 2.69. The average Bonchev–Trinajstić information content (AvgIpc) is 2.45. The minimum absolute atomic E-state index is 0.219. The van der Waals surface area contributed by atoms with Gasteiger partial charge in [-0.05, 0) is 0 Å². The number of halogens is 3. The Labute approximate surface area is 71.8 Å². The first-order valence-corrected chi connectivity index (χ1v) is 3.71. The van der Waals surface area contributed by atoms with E-state index in [0.29, 0.717) is 12.4 Å². The molecule has 1 aromatic heterocycles. The van der Waals surface area contributed by atoms with Crippen molar-refractivity contribution in [1.29, 1.82) is 0 Å². The van der Waals surface area contributed by atoms with Gasteiger partial charge in [0.25, 0.3) is 0 Å². The van der Waals surface area contributed by atoms with Crippen LogP contribution in [0.4, 0.5) is 13.2 Å². The fourth-order valence-corrected chi connectivity index (χ4v) is 1.25. The third kappa shape index (κ3) is 1.39. The second kappa shape index (κ2) is 2.69. The molecule has 1 aliphatic rings. The summed E-state index contributed by atoms with van der Waals surface area (Å²) >= 11 is 0. The van der Waals surface area contributed by atoms with Crippen LogP contribution in [-0.2, 0) is 19.3 Å². The lowest BCUT2D eigenvalue weighted by atomic mass is 10.4. The highest BCUT2D eigenvalue weighted by molar-refractivity contribution is 5.01. The van der Waals surface area contributed by atoms with Crippen LogP contribution in [0.3, 0.4) is 0 Å². The van der Waals surface area contributed by atoms with Gasteiger partial charge in [-0.25, -0.2) is 5.32 Å². The van der Waals surface area contributed by atoms with Gasteiger partial charge < -0.3 is 4.57 Å². The quantitative estimate of drug-likeness (QED) is 0.596. The molecule has 1 aliphatic heterocycles. The Morgan fingerprint density at radius 3 is 2.69 bits per heavy atom. The standard InChI is InChI=1S/C6H6F3N4/c7-6(8,9)5-12-11-4-3-10-1-2-13(4)5/h1-3H2. The second-order valence-corrected chi connectivity index (χ2v) is 2.69. The summed E-state index contributed by atoms with van der Waals surface area (Å²) in [5.74, 6) is -0.629. The summed E-state index contributed by atoms with van der Waals surface area (Å²) in [5.41, 5.74) is 0. The van der Waals surface area contributed by atoms with Gasteiger partial charge in [-0.15, -0.1) is 10.2 Å². The van der Waals surface area contributed by atoms with Crippen molar-refractivity contribution >= 4 is 0 Å². The molecule has 0 fully saturated rings. The van der Waals surface area contributed by atoms with Crippen LogP contribution in [0.25, 0.3) is 0 Å². The summed E-state index contributed by atoms with van der Waals surface area (Å²) in [6, 6.07) is 0. The van der Waals surface area contributed by atoms with E-state index in [1.807, 2.05) is 0 Å². The zero-order valence-electron chi connectivity index (χ0n) is 6.54. The van der Waals surface area contributed by atoms with Crippen LogP contribution in [-0.4, -0.2) is 21.3 Å². The zero-order chi connectivity index (χ0) is 9.47. The molecule has 0 aliphatic carbocycles. The Morgan fingerprint density at radius 1 is 1.23 bits per heavy atom. The number of fused-ring (bicyclic) bond motifs is 1. The molecule has 0 unspecified atom stereocenters. The molecule has 0 amide bonds. The van der Waals surface area contributed by atoms with Crippen molar-refractivity contribution in [2.75, 3.05) is 6.54 Å². The number of hydrogen-bond donors (Lipinski definition) is 0. The summed E-state index contributed by atoms with van der Waals surface area (Å²) < 4.78 is 37.8. The normalized spacial score (nSPS) is 17.2. The van der Waals surface area contributed by atoms with E-state index < -0.39 is 12.0 Å². The van der Waals surface area contributed by atoms with E-state index in [1.54, 1.807) is 0 Å². The molecule has 13 heavy (non-hydrogen) atoms. The molecular formula is C6H6F3N4.